The molecule has 0 bridgehead atoms. The first-order chi connectivity index (χ1) is 7.22. The van der Waals surface area contributed by atoms with Crippen molar-refractivity contribution in [3.8, 4) is 0 Å². The van der Waals surface area contributed by atoms with Crippen LogP contribution in [-0.4, -0.2) is 15.9 Å². The van der Waals surface area contributed by atoms with E-state index < -0.39 is 0 Å². The van der Waals surface area contributed by atoms with Crippen LogP contribution in [0.4, 0.5) is 0 Å². The van der Waals surface area contributed by atoms with E-state index in [2.05, 4.69) is 44.5 Å². The molecule has 0 spiro atoms. The lowest BCUT2D eigenvalue weighted by Gasteiger charge is -1.97. The molecule has 0 fully saturated rings. The summed E-state index contributed by atoms with van der Waals surface area (Å²) >= 11 is 3.58. The quantitative estimate of drug-likeness (QED) is 0.928. The SMILES string of the molecule is Cc1ccc2nc(CCCN)c(Br)n2c1. The molecule has 2 rings (SSSR count). The summed E-state index contributed by atoms with van der Waals surface area (Å²) in [6, 6.07) is 4.10. The maximum Gasteiger partial charge on any atom is 0.137 e. The van der Waals surface area contributed by atoms with E-state index >= 15 is 0 Å². The third-order valence-electron chi connectivity index (χ3n) is 2.39. The summed E-state index contributed by atoms with van der Waals surface area (Å²) in [7, 11) is 0. The van der Waals surface area contributed by atoms with Gasteiger partial charge >= 0.3 is 0 Å². The van der Waals surface area contributed by atoms with Crippen LogP contribution in [0.15, 0.2) is 22.9 Å². The summed E-state index contributed by atoms with van der Waals surface area (Å²) in [5.41, 5.74) is 8.80. The number of nitrogens with zero attached hydrogens (tertiary/aromatic N) is 2. The van der Waals surface area contributed by atoms with Gasteiger partial charge in [0.05, 0.1) is 5.69 Å². The Balaban J connectivity index is 2.45. The van der Waals surface area contributed by atoms with Crippen LogP contribution in [0.5, 0.6) is 0 Å². The van der Waals surface area contributed by atoms with Crippen molar-refractivity contribution in [3.05, 3.63) is 34.2 Å². The Morgan fingerprint density at radius 1 is 1.47 bits per heavy atom. The van der Waals surface area contributed by atoms with Crippen LogP contribution < -0.4 is 5.73 Å². The van der Waals surface area contributed by atoms with Crippen molar-refractivity contribution in [2.24, 2.45) is 5.73 Å². The monoisotopic (exact) mass is 267 g/mol. The molecule has 0 saturated heterocycles. The Labute approximate surface area is 97.4 Å². The highest BCUT2D eigenvalue weighted by molar-refractivity contribution is 9.10. The van der Waals surface area contributed by atoms with Crippen molar-refractivity contribution < 1.29 is 0 Å². The molecule has 0 aliphatic carbocycles. The second kappa shape index (κ2) is 4.33. The number of imidazole rings is 1. The van der Waals surface area contributed by atoms with Crippen molar-refractivity contribution >= 4 is 21.6 Å². The number of halogens is 1. The molecule has 2 aromatic rings. The largest absolute Gasteiger partial charge is 0.330 e. The molecule has 0 aliphatic rings. The number of pyridine rings is 1. The standard InChI is InChI=1S/C11H14BrN3/c1-8-4-5-10-14-9(3-2-6-13)11(12)15(10)7-8/h4-5,7H,2-3,6,13H2,1H3. The summed E-state index contributed by atoms with van der Waals surface area (Å²) in [4.78, 5) is 4.55. The van der Waals surface area contributed by atoms with E-state index in [-0.39, 0.29) is 0 Å². The normalized spacial score (nSPS) is 11.1. The van der Waals surface area contributed by atoms with Gasteiger partial charge in [0.15, 0.2) is 0 Å². The summed E-state index contributed by atoms with van der Waals surface area (Å²) in [6.45, 7) is 2.78. The Kier molecular flexibility index (Phi) is 3.07. The van der Waals surface area contributed by atoms with E-state index in [1.54, 1.807) is 0 Å². The highest BCUT2D eigenvalue weighted by Gasteiger charge is 2.08. The van der Waals surface area contributed by atoms with Crippen LogP contribution in [0.25, 0.3) is 5.65 Å². The van der Waals surface area contributed by atoms with E-state index in [0.717, 1.165) is 28.8 Å². The number of hydrogen-bond acceptors (Lipinski definition) is 2. The van der Waals surface area contributed by atoms with Gasteiger partial charge in [0.25, 0.3) is 0 Å². The molecule has 2 aromatic heterocycles. The summed E-state index contributed by atoms with van der Waals surface area (Å²) in [6.07, 6.45) is 3.98. The second-order valence-corrected chi connectivity index (χ2v) is 4.43. The number of nitrogens with two attached hydrogens (primary N) is 1. The van der Waals surface area contributed by atoms with Gasteiger partial charge in [-0.15, -0.1) is 0 Å². The zero-order valence-electron chi connectivity index (χ0n) is 8.70. The van der Waals surface area contributed by atoms with Crippen LogP contribution in [-0.2, 0) is 6.42 Å². The molecule has 0 saturated carbocycles. The van der Waals surface area contributed by atoms with Crippen molar-refractivity contribution in [2.45, 2.75) is 19.8 Å². The van der Waals surface area contributed by atoms with Crippen LogP contribution in [0.1, 0.15) is 17.7 Å². The molecule has 80 valence electrons. The molecular formula is C11H14BrN3. The van der Waals surface area contributed by atoms with Crippen LogP contribution in [0.2, 0.25) is 0 Å². The molecule has 15 heavy (non-hydrogen) atoms. The van der Waals surface area contributed by atoms with Gasteiger partial charge in [0.2, 0.25) is 0 Å². The lowest BCUT2D eigenvalue weighted by molar-refractivity contribution is 0.812. The number of aryl methyl sites for hydroxylation is 2. The van der Waals surface area contributed by atoms with Crippen LogP contribution >= 0.6 is 15.9 Å². The Morgan fingerprint density at radius 2 is 2.27 bits per heavy atom. The van der Waals surface area contributed by atoms with Gasteiger partial charge in [-0.2, -0.15) is 0 Å². The fourth-order valence-electron chi connectivity index (χ4n) is 1.60. The van der Waals surface area contributed by atoms with Gasteiger partial charge in [0.1, 0.15) is 10.3 Å². The third kappa shape index (κ3) is 2.06. The zero-order valence-corrected chi connectivity index (χ0v) is 10.3. The first-order valence-corrected chi connectivity index (χ1v) is 5.85. The van der Waals surface area contributed by atoms with Crippen molar-refractivity contribution in [3.63, 3.8) is 0 Å². The number of rotatable bonds is 3. The van der Waals surface area contributed by atoms with Crippen LogP contribution in [0, 0.1) is 6.92 Å². The lowest BCUT2D eigenvalue weighted by Crippen LogP contribution is -2.00. The average molecular weight is 268 g/mol. The first kappa shape index (κ1) is 10.6. The fraction of sp³-hybridized carbons (Fsp3) is 0.364. The van der Waals surface area contributed by atoms with Gasteiger partial charge < -0.3 is 5.73 Å². The van der Waals surface area contributed by atoms with Gasteiger partial charge in [0, 0.05) is 6.20 Å². The molecule has 2 heterocycles. The number of hydrogen-bond donors (Lipinski definition) is 1. The first-order valence-electron chi connectivity index (χ1n) is 5.05. The molecular weight excluding hydrogens is 254 g/mol. The minimum absolute atomic E-state index is 0.708. The zero-order chi connectivity index (χ0) is 10.8. The Hall–Kier alpha value is -0.870. The van der Waals surface area contributed by atoms with E-state index in [0.29, 0.717) is 6.54 Å². The molecule has 0 aromatic carbocycles. The van der Waals surface area contributed by atoms with E-state index in [1.165, 1.54) is 5.56 Å². The molecule has 0 unspecified atom stereocenters. The average Bonchev–Trinajstić information content (AvgIpc) is 2.53. The molecule has 0 amide bonds. The minimum atomic E-state index is 0.708. The maximum absolute atomic E-state index is 5.49. The smallest absolute Gasteiger partial charge is 0.137 e. The highest BCUT2D eigenvalue weighted by Crippen LogP contribution is 2.20. The topological polar surface area (TPSA) is 43.3 Å². The van der Waals surface area contributed by atoms with Crippen molar-refractivity contribution in [1.29, 1.82) is 0 Å². The molecule has 4 heteroatoms. The van der Waals surface area contributed by atoms with Gasteiger partial charge in [-0.25, -0.2) is 4.98 Å². The van der Waals surface area contributed by atoms with Gasteiger partial charge in [-0.3, -0.25) is 4.40 Å². The second-order valence-electron chi connectivity index (χ2n) is 3.68. The number of aromatic nitrogens is 2. The highest BCUT2D eigenvalue weighted by atomic mass is 79.9. The van der Waals surface area contributed by atoms with Crippen LogP contribution in [0.3, 0.4) is 0 Å². The number of fused-ring (bicyclic) bond motifs is 1. The third-order valence-corrected chi connectivity index (χ3v) is 3.23. The predicted molar refractivity (Wildman–Crippen MR) is 65.0 cm³/mol. The fourth-order valence-corrected chi connectivity index (χ4v) is 2.17. The molecule has 0 atom stereocenters. The summed E-state index contributed by atoms with van der Waals surface area (Å²) < 4.78 is 3.12. The van der Waals surface area contributed by atoms with E-state index in [9.17, 15) is 0 Å². The minimum Gasteiger partial charge on any atom is -0.330 e. The molecule has 2 N–H and O–H groups in total. The molecule has 0 aliphatic heterocycles. The maximum atomic E-state index is 5.49. The molecule has 3 nitrogen and oxygen atoms in total. The van der Waals surface area contributed by atoms with E-state index in [4.69, 9.17) is 5.73 Å². The lowest BCUT2D eigenvalue weighted by atomic mass is 10.2. The van der Waals surface area contributed by atoms with Crippen molar-refractivity contribution in [1.82, 2.24) is 9.38 Å². The van der Waals surface area contributed by atoms with Gasteiger partial charge in [-0.05, 0) is 53.9 Å². The predicted octanol–water partition coefficient (Wildman–Crippen LogP) is 2.30. The Bertz CT molecular complexity index is 476. The molecule has 0 radical (unpaired) electrons. The van der Waals surface area contributed by atoms with E-state index in [1.807, 2.05) is 6.07 Å². The summed E-state index contributed by atoms with van der Waals surface area (Å²) in [5.74, 6) is 0. The Morgan fingerprint density at radius 3 is 3.00 bits per heavy atom. The summed E-state index contributed by atoms with van der Waals surface area (Å²) in [5, 5.41) is 0. The van der Waals surface area contributed by atoms with Gasteiger partial charge in [-0.1, -0.05) is 6.07 Å². The van der Waals surface area contributed by atoms with Crippen molar-refractivity contribution in [2.75, 3.05) is 6.54 Å².